The molecule has 0 saturated carbocycles. The summed E-state index contributed by atoms with van der Waals surface area (Å²) in [6.07, 6.45) is 0. The number of halogens is 2. The van der Waals surface area contributed by atoms with Crippen LogP contribution in [0.3, 0.4) is 0 Å². The molecular formula is C13H9ClFN3O. The monoisotopic (exact) mass is 277 g/mol. The summed E-state index contributed by atoms with van der Waals surface area (Å²) >= 11 is 0. The van der Waals surface area contributed by atoms with Crippen molar-refractivity contribution < 1.29 is 9.18 Å². The highest BCUT2D eigenvalue weighted by atomic mass is 35.5. The number of rotatable bonds is 1. The molecule has 0 aliphatic carbocycles. The first-order chi connectivity index (χ1) is 8.77. The summed E-state index contributed by atoms with van der Waals surface area (Å²) in [6, 6.07) is 12.8. The van der Waals surface area contributed by atoms with E-state index in [2.05, 4.69) is 10.3 Å². The van der Waals surface area contributed by atoms with Crippen LogP contribution >= 0.6 is 12.4 Å². The van der Waals surface area contributed by atoms with Crippen LogP contribution in [0, 0.1) is 5.82 Å². The van der Waals surface area contributed by atoms with Crippen LogP contribution in [-0.4, -0.2) is 20.9 Å². The average molecular weight is 278 g/mol. The van der Waals surface area contributed by atoms with Crippen LogP contribution in [0.4, 0.5) is 4.39 Å². The lowest BCUT2D eigenvalue weighted by Gasteiger charge is -2.02. The maximum atomic E-state index is 13.5. The molecule has 2 aromatic carbocycles. The minimum atomic E-state index is -0.568. The first kappa shape index (κ1) is 13.2. The molecule has 1 heterocycles. The Morgan fingerprint density at radius 2 is 1.74 bits per heavy atom. The van der Waals surface area contributed by atoms with Crippen LogP contribution in [0.15, 0.2) is 48.5 Å². The third-order valence-electron chi connectivity index (χ3n) is 2.65. The standard InChI is InChI=1S/C13H8FN3O.ClH/c14-10-6-2-1-5-9(10)13(18)17-12-8-4-3-7-11(12)15-16-17;/h1-8H;1H. The molecule has 0 aliphatic rings. The largest absolute Gasteiger partial charge is 0.283 e. The lowest BCUT2D eigenvalue weighted by molar-refractivity contribution is 0.0944. The zero-order valence-electron chi connectivity index (χ0n) is 9.65. The highest BCUT2D eigenvalue weighted by Crippen LogP contribution is 2.14. The summed E-state index contributed by atoms with van der Waals surface area (Å²) in [4.78, 5) is 12.2. The van der Waals surface area contributed by atoms with Crippen LogP contribution in [0.25, 0.3) is 11.0 Å². The van der Waals surface area contributed by atoms with Gasteiger partial charge in [0.2, 0.25) is 0 Å². The second-order valence-electron chi connectivity index (χ2n) is 3.77. The second-order valence-corrected chi connectivity index (χ2v) is 3.77. The van der Waals surface area contributed by atoms with E-state index >= 15 is 0 Å². The molecule has 3 rings (SSSR count). The number of benzene rings is 2. The maximum absolute atomic E-state index is 13.5. The van der Waals surface area contributed by atoms with Crippen LogP contribution in [0.1, 0.15) is 10.4 Å². The number of carbonyl (C=O) groups is 1. The molecule has 0 bridgehead atoms. The SMILES string of the molecule is Cl.O=C(c1ccccc1F)n1nnc2ccccc21. The summed E-state index contributed by atoms with van der Waals surface area (Å²) in [5.41, 5.74) is 1.14. The van der Waals surface area contributed by atoms with Crippen LogP contribution in [0.5, 0.6) is 0 Å². The Kier molecular flexibility index (Phi) is 3.57. The molecule has 0 N–H and O–H groups in total. The number of para-hydroxylation sites is 1. The second kappa shape index (κ2) is 5.16. The van der Waals surface area contributed by atoms with Crippen molar-refractivity contribution in [3.05, 3.63) is 59.9 Å². The third kappa shape index (κ3) is 2.20. The molecular weight excluding hydrogens is 269 g/mol. The molecule has 0 amide bonds. The third-order valence-corrected chi connectivity index (χ3v) is 2.65. The van der Waals surface area contributed by atoms with E-state index in [1.54, 1.807) is 30.3 Å². The number of carbonyl (C=O) groups excluding carboxylic acids is 1. The van der Waals surface area contributed by atoms with Crippen molar-refractivity contribution in [3.8, 4) is 0 Å². The highest BCUT2D eigenvalue weighted by molar-refractivity contribution is 6.00. The van der Waals surface area contributed by atoms with E-state index in [0.29, 0.717) is 11.0 Å². The van der Waals surface area contributed by atoms with Gasteiger partial charge in [-0.1, -0.05) is 29.5 Å². The van der Waals surface area contributed by atoms with E-state index < -0.39 is 11.7 Å². The Labute approximate surface area is 114 Å². The van der Waals surface area contributed by atoms with Gasteiger partial charge in [0.25, 0.3) is 5.91 Å². The Hall–Kier alpha value is -2.27. The minimum absolute atomic E-state index is 0. The first-order valence-corrected chi connectivity index (χ1v) is 5.37. The number of nitrogens with zero attached hydrogens (tertiary/aromatic N) is 3. The normalized spacial score (nSPS) is 10.2. The summed E-state index contributed by atoms with van der Waals surface area (Å²) < 4.78 is 14.7. The molecule has 0 radical (unpaired) electrons. The van der Waals surface area contributed by atoms with Crippen molar-refractivity contribution in [2.45, 2.75) is 0 Å². The van der Waals surface area contributed by atoms with Crippen molar-refractivity contribution in [2.75, 3.05) is 0 Å². The molecule has 1 aromatic heterocycles. The van der Waals surface area contributed by atoms with Gasteiger partial charge in [0.05, 0.1) is 11.1 Å². The van der Waals surface area contributed by atoms with Crippen molar-refractivity contribution >= 4 is 29.3 Å². The topological polar surface area (TPSA) is 47.8 Å². The number of hydrogen-bond donors (Lipinski definition) is 0. The van der Waals surface area contributed by atoms with Gasteiger partial charge in [0.15, 0.2) is 0 Å². The van der Waals surface area contributed by atoms with E-state index in [0.717, 1.165) is 4.68 Å². The van der Waals surface area contributed by atoms with Crippen molar-refractivity contribution in [1.29, 1.82) is 0 Å². The Balaban J connectivity index is 0.00000133. The summed E-state index contributed by atoms with van der Waals surface area (Å²) in [7, 11) is 0. The smallest absolute Gasteiger partial charge is 0.267 e. The maximum Gasteiger partial charge on any atom is 0.283 e. The van der Waals surface area contributed by atoms with E-state index in [-0.39, 0.29) is 18.0 Å². The number of aromatic nitrogens is 3. The van der Waals surface area contributed by atoms with Gasteiger partial charge < -0.3 is 0 Å². The Morgan fingerprint density at radius 3 is 2.53 bits per heavy atom. The lowest BCUT2D eigenvalue weighted by atomic mass is 10.2. The molecule has 0 atom stereocenters. The fourth-order valence-corrected chi connectivity index (χ4v) is 1.77. The van der Waals surface area contributed by atoms with Gasteiger partial charge >= 0.3 is 0 Å². The molecule has 0 spiro atoms. The van der Waals surface area contributed by atoms with Crippen LogP contribution in [0.2, 0.25) is 0 Å². The van der Waals surface area contributed by atoms with E-state index in [1.165, 1.54) is 18.2 Å². The summed E-state index contributed by atoms with van der Waals surface area (Å²) in [6.45, 7) is 0. The fourth-order valence-electron chi connectivity index (χ4n) is 1.77. The molecule has 0 saturated heterocycles. The number of hydrogen-bond acceptors (Lipinski definition) is 3. The lowest BCUT2D eigenvalue weighted by Crippen LogP contribution is -2.15. The first-order valence-electron chi connectivity index (χ1n) is 5.37. The molecule has 19 heavy (non-hydrogen) atoms. The fraction of sp³-hybridized carbons (Fsp3) is 0. The molecule has 0 aliphatic heterocycles. The van der Waals surface area contributed by atoms with Crippen LogP contribution in [-0.2, 0) is 0 Å². The highest BCUT2D eigenvalue weighted by Gasteiger charge is 2.16. The molecule has 0 fully saturated rings. The molecule has 0 unspecified atom stereocenters. The van der Waals surface area contributed by atoms with Crippen molar-refractivity contribution in [1.82, 2.24) is 15.0 Å². The van der Waals surface area contributed by atoms with Gasteiger partial charge in [0, 0.05) is 0 Å². The van der Waals surface area contributed by atoms with Gasteiger partial charge in [-0.3, -0.25) is 4.79 Å². The van der Waals surface area contributed by atoms with Gasteiger partial charge in [-0.25, -0.2) is 4.39 Å². The van der Waals surface area contributed by atoms with E-state index in [1.807, 2.05) is 0 Å². The Morgan fingerprint density at radius 1 is 1.05 bits per heavy atom. The molecule has 4 nitrogen and oxygen atoms in total. The van der Waals surface area contributed by atoms with Crippen LogP contribution < -0.4 is 0 Å². The van der Waals surface area contributed by atoms with Crippen molar-refractivity contribution in [2.24, 2.45) is 0 Å². The summed E-state index contributed by atoms with van der Waals surface area (Å²) in [5, 5.41) is 7.63. The predicted octanol–water partition coefficient (Wildman–Crippen LogP) is 2.68. The van der Waals surface area contributed by atoms with Crippen molar-refractivity contribution in [3.63, 3.8) is 0 Å². The zero-order valence-corrected chi connectivity index (χ0v) is 10.5. The average Bonchev–Trinajstić information content (AvgIpc) is 2.82. The van der Waals surface area contributed by atoms with E-state index in [9.17, 15) is 9.18 Å². The predicted molar refractivity (Wildman–Crippen MR) is 70.9 cm³/mol. The van der Waals surface area contributed by atoms with Gasteiger partial charge in [-0.15, -0.1) is 17.5 Å². The molecule has 96 valence electrons. The molecule has 6 heteroatoms. The van der Waals surface area contributed by atoms with Gasteiger partial charge in [-0.05, 0) is 24.3 Å². The number of fused-ring (bicyclic) bond motifs is 1. The minimum Gasteiger partial charge on any atom is -0.267 e. The zero-order chi connectivity index (χ0) is 12.5. The molecule has 3 aromatic rings. The quantitative estimate of drug-likeness (QED) is 0.687. The van der Waals surface area contributed by atoms with Gasteiger partial charge in [0.1, 0.15) is 11.3 Å². The van der Waals surface area contributed by atoms with E-state index in [4.69, 9.17) is 0 Å². The Bertz CT molecular complexity index is 741. The van der Waals surface area contributed by atoms with Gasteiger partial charge in [-0.2, -0.15) is 4.68 Å². The summed E-state index contributed by atoms with van der Waals surface area (Å²) in [5.74, 6) is -1.09.